The fourth-order valence-corrected chi connectivity index (χ4v) is 5.84. The van der Waals surface area contributed by atoms with Gasteiger partial charge in [0, 0.05) is 36.2 Å². The van der Waals surface area contributed by atoms with E-state index < -0.39 is 7.14 Å². The molecule has 92 valence electrons. The summed E-state index contributed by atoms with van der Waals surface area (Å²) in [7, 11) is -2.71. The quantitative estimate of drug-likeness (QED) is 0.677. The zero-order valence-corrected chi connectivity index (χ0v) is 11.4. The molecular weight excluding hydrogens is 233 g/mol. The molecule has 3 unspecified atom stereocenters. The summed E-state index contributed by atoms with van der Waals surface area (Å²) in [6, 6.07) is 6.09. The average molecular weight is 251 g/mol. The molecule has 0 aromatic rings. The van der Waals surface area contributed by atoms with Crippen molar-refractivity contribution in [2.24, 2.45) is 0 Å². The van der Waals surface area contributed by atoms with Crippen LogP contribution in [0.4, 0.5) is 0 Å². The van der Waals surface area contributed by atoms with Gasteiger partial charge in [-0.15, -0.1) is 0 Å². The molecule has 0 spiro atoms. The molecule has 0 heterocycles. The fourth-order valence-electron chi connectivity index (χ4n) is 2.13. The summed E-state index contributed by atoms with van der Waals surface area (Å²) in [5.74, 6) is 0. The molecular formula is C12H18N3OP. The van der Waals surface area contributed by atoms with Gasteiger partial charge in [0.25, 0.3) is 0 Å². The van der Waals surface area contributed by atoms with Crippen LogP contribution in [0.5, 0.6) is 0 Å². The third-order valence-electron chi connectivity index (χ3n) is 3.23. The lowest BCUT2D eigenvalue weighted by molar-refractivity contribution is 0.546. The molecule has 5 heteroatoms. The van der Waals surface area contributed by atoms with Crippen LogP contribution in [0.25, 0.3) is 0 Å². The SMILES string of the molecule is CC(CC#N)P(=O)(C(C)CC#N)C(C)CC#N. The Kier molecular flexibility index (Phi) is 6.57. The maximum Gasteiger partial charge on any atom is 0.0987 e. The summed E-state index contributed by atoms with van der Waals surface area (Å²) < 4.78 is 13.0. The van der Waals surface area contributed by atoms with Crippen molar-refractivity contribution in [2.75, 3.05) is 0 Å². The Bertz CT molecular complexity index is 351. The van der Waals surface area contributed by atoms with E-state index >= 15 is 0 Å². The van der Waals surface area contributed by atoms with Crippen molar-refractivity contribution in [3.63, 3.8) is 0 Å². The molecule has 3 atom stereocenters. The van der Waals surface area contributed by atoms with Gasteiger partial charge < -0.3 is 4.57 Å². The second-order valence-corrected chi connectivity index (χ2v) is 8.57. The molecule has 0 aliphatic heterocycles. The van der Waals surface area contributed by atoms with E-state index in [1.54, 1.807) is 20.8 Å². The normalized spacial score (nSPS) is 18.8. The molecule has 0 N–H and O–H groups in total. The lowest BCUT2D eigenvalue weighted by Gasteiger charge is -2.32. The van der Waals surface area contributed by atoms with Crippen molar-refractivity contribution in [1.82, 2.24) is 0 Å². The minimum Gasteiger partial charge on any atom is -0.323 e. The third-order valence-corrected chi connectivity index (χ3v) is 7.91. The van der Waals surface area contributed by atoms with Gasteiger partial charge in [0.2, 0.25) is 0 Å². The highest BCUT2D eigenvalue weighted by Gasteiger charge is 2.40. The fraction of sp³-hybridized carbons (Fsp3) is 0.750. The van der Waals surface area contributed by atoms with E-state index in [-0.39, 0.29) is 36.2 Å². The molecule has 0 radical (unpaired) electrons. The summed E-state index contributed by atoms with van der Waals surface area (Å²) in [4.78, 5) is 0. The van der Waals surface area contributed by atoms with Crippen molar-refractivity contribution in [3.05, 3.63) is 0 Å². The first-order valence-electron chi connectivity index (χ1n) is 5.65. The van der Waals surface area contributed by atoms with Crippen LogP contribution in [-0.4, -0.2) is 17.0 Å². The smallest absolute Gasteiger partial charge is 0.0987 e. The second-order valence-electron chi connectivity index (χ2n) is 4.40. The van der Waals surface area contributed by atoms with Gasteiger partial charge in [0.05, 0.1) is 25.3 Å². The molecule has 0 aromatic heterocycles. The molecule has 0 aromatic carbocycles. The Labute approximate surface area is 103 Å². The lowest BCUT2D eigenvalue weighted by Crippen LogP contribution is -2.22. The average Bonchev–Trinajstić information content (AvgIpc) is 2.28. The molecule has 0 saturated heterocycles. The summed E-state index contributed by atoms with van der Waals surface area (Å²) in [5, 5.41) is 26.2. The maximum atomic E-state index is 13.0. The van der Waals surface area contributed by atoms with E-state index in [4.69, 9.17) is 15.8 Å². The number of rotatable bonds is 6. The number of nitrogens with zero attached hydrogens (tertiary/aromatic N) is 3. The molecule has 0 bridgehead atoms. The monoisotopic (exact) mass is 251 g/mol. The summed E-state index contributed by atoms with van der Waals surface area (Å²) >= 11 is 0. The molecule has 0 rings (SSSR count). The van der Waals surface area contributed by atoms with Gasteiger partial charge in [-0.05, 0) is 0 Å². The predicted molar refractivity (Wildman–Crippen MR) is 66.7 cm³/mol. The largest absolute Gasteiger partial charge is 0.323 e. The zero-order chi connectivity index (χ0) is 13.5. The van der Waals surface area contributed by atoms with E-state index in [2.05, 4.69) is 0 Å². The first kappa shape index (κ1) is 15.7. The Hall–Kier alpha value is -1.30. The second kappa shape index (κ2) is 7.11. The maximum absolute atomic E-state index is 13.0. The van der Waals surface area contributed by atoms with Crippen LogP contribution in [0.1, 0.15) is 40.0 Å². The van der Waals surface area contributed by atoms with E-state index in [1.165, 1.54) is 0 Å². The number of hydrogen-bond acceptors (Lipinski definition) is 4. The summed E-state index contributed by atoms with van der Waals surface area (Å²) in [6.07, 6.45) is 0.633. The highest BCUT2D eigenvalue weighted by molar-refractivity contribution is 7.66. The Morgan fingerprint density at radius 1 is 0.824 bits per heavy atom. The van der Waals surface area contributed by atoms with Gasteiger partial charge in [0.15, 0.2) is 0 Å². The molecule has 4 nitrogen and oxygen atoms in total. The van der Waals surface area contributed by atoms with Crippen LogP contribution in [0.15, 0.2) is 0 Å². The minimum absolute atomic E-state index is 0.211. The molecule has 0 amide bonds. The van der Waals surface area contributed by atoms with Crippen molar-refractivity contribution >= 4 is 7.14 Å². The highest BCUT2D eigenvalue weighted by Crippen LogP contribution is 2.61. The predicted octanol–water partition coefficient (Wildman–Crippen LogP) is 3.26. The zero-order valence-electron chi connectivity index (χ0n) is 10.6. The van der Waals surface area contributed by atoms with Gasteiger partial charge in [-0.2, -0.15) is 15.8 Å². The van der Waals surface area contributed by atoms with Gasteiger partial charge in [0.1, 0.15) is 0 Å². The van der Waals surface area contributed by atoms with E-state index in [1.807, 2.05) is 18.2 Å². The first-order chi connectivity index (χ1) is 7.94. The van der Waals surface area contributed by atoms with Crippen molar-refractivity contribution in [1.29, 1.82) is 15.8 Å². The van der Waals surface area contributed by atoms with Crippen LogP contribution in [0, 0.1) is 34.0 Å². The Balaban J connectivity index is 5.23. The topological polar surface area (TPSA) is 88.4 Å². The molecule has 0 aliphatic rings. The lowest BCUT2D eigenvalue weighted by atomic mass is 10.3. The number of hydrogen-bond donors (Lipinski definition) is 0. The third kappa shape index (κ3) is 3.59. The van der Waals surface area contributed by atoms with Crippen molar-refractivity contribution < 1.29 is 4.57 Å². The number of nitriles is 3. The summed E-state index contributed by atoms with van der Waals surface area (Å²) in [5.41, 5.74) is -0.752. The van der Waals surface area contributed by atoms with Crippen molar-refractivity contribution in [2.45, 2.75) is 57.0 Å². The van der Waals surface area contributed by atoms with Gasteiger partial charge in [-0.25, -0.2) is 0 Å². The first-order valence-corrected chi connectivity index (χ1v) is 7.56. The molecule has 17 heavy (non-hydrogen) atoms. The van der Waals surface area contributed by atoms with Crippen LogP contribution < -0.4 is 0 Å². The molecule has 0 saturated carbocycles. The Morgan fingerprint density at radius 2 is 1.06 bits per heavy atom. The van der Waals surface area contributed by atoms with Crippen LogP contribution >= 0.6 is 7.14 Å². The van der Waals surface area contributed by atoms with Crippen molar-refractivity contribution in [3.8, 4) is 18.2 Å². The summed E-state index contributed by atoms with van der Waals surface area (Å²) in [6.45, 7) is 5.35. The van der Waals surface area contributed by atoms with Crippen LogP contribution in [0.2, 0.25) is 0 Å². The van der Waals surface area contributed by atoms with Gasteiger partial charge in [-0.3, -0.25) is 0 Å². The van der Waals surface area contributed by atoms with E-state index in [9.17, 15) is 4.57 Å². The van der Waals surface area contributed by atoms with Gasteiger partial charge in [-0.1, -0.05) is 20.8 Å². The van der Waals surface area contributed by atoms with Gasteiger partial charge >= 0.3 is 0 Å². The van der Waals surface area contributed by atoms with E-state index in [0.29, 0.717) is 0 Å². The molecule has 0 aliphatic carbocycles. The van der Waals surface area contributed by atoms with E-state index in [0.717, 1.165) is 0 Å². The highest BCUT2D eigenvalue weighted by atomic mass is 31.2. The minimum atomic E-state index is -2.71. The standard InChI is InChI=1S/C12H18N3OP/c1-10(4-7-13)17(16,11(2)5-8-14)12(3)6-9-15/h10-12H,4-6H2,1-3H3. The Morgan fingerprint density at radius 3 is 1.24 bits per heavy atom. The molecule has 0 fully saturated rings. The van der Waals surface area contributed by atoms with Crippen LogP contribution in [-0.2, 0) is 4.57 Å². The van der Waals surface area contributed by atoms with Crippen LogP contribution in [0.3, 0.4) is 0 Å².